The normalized spacial score (nSPS) is 15.7. The summed E-state index contributed by atoms with van der Waals surface area (Å²) in [5.74, 6) is 1.00. The van der Waals surface area contributed by atoms with Crippen molar-refractivity contribution in [2.45, 2.75) is 11.6 Å². The topological polar surface area (TPSA) is 72.6 Å². The lowest BCUT2D eigenvalue weighted by atomic mass is 10.2. The minimum absolute atomic E-state index is 0.0993. The van der Waals surface area contributed by atoms with E-state index in [0.29, 0.717) is 37.6 Å². The van der Waals surface area contributed by atoms with E-state index < -0.39 is 15.8 Å². The van der Waals surface area contributed by atoms with Crippen molar-refractivity contribution in [2.24, 2.45) is 7.05 Å². The number of rotatable bonds is 6. The van der Waals surface area contributed by atoms with Crippen molar-refractivity contribution in [1.29, 1.82) is 0 Å². The van der Waals surface area contributed by atoms with Gasteiger partial charge in [0.1, 0.15) is 11.6 Å². The smallest absolute Gasteiger partial charge is 0.243 e. The van der Waals surface area contributed by atoms with Crippen LogP contribution in [0.4, 0.5) is 4.39 Å². The van der Waals surface area contributed by atoms with Crippen molar-refractivity contribution in [1.82, 2.24) is 23.6 Å². The molecule has 3 aromatic rings. The van der Waals surface area contributed by atoms with E-state index in [0.717, 1.165) is 29.3 Å². The lowest BCUT2D eigenvalue weighted by Gasteiger charge is -2.33. The van der Waals surface area contributed by atoms with Gasteiger partial charge in [0.25, 0.3) is 0 Å². The Morgan fingerprint density at radius 2 is 1.78 bits per heavy atom. The molecule has 170 valence electrons. The van der Waals surface area contributed by atoms with Gasteiger partial charge < -0.3 is 9.30 Å². The third kappa shape index (κ3) is 4.46. The summed E-state index contributed by atoms with van der Waals surface area (Å²) in [6.45, 7) is 2.20. The van der Waals surface area contributed by atoms with Gasteiger partial charge in [-0.05, 0) is 48.6 Å². The zero-order valence-electron chi connectivity index (χ0n) is 17.8. The molecule has 1 aliphatic heterocycles. The minimum Gasteiger partial charge on any atom is -0.497 e. The van der Waals surface area contributed by atoms with Crippen molar-refractivity contribution in [3.05, 3.63) is 59.1 Å². The van der Waals surface area contributed by atoms with Crippen molar-refractivity contribution in [2.75, 3.05) is 33.3 Å². The fraction of sp³-hybridized carbons (Fsp3) is 0.333. The maximum Gasteiger partial charge on any atom is 0.243 e. The molecule has 1 fully saturated rings. The van der Waals surface area contributed by atoms with E-state index in [1.165, 1.54) is 16.4 Å². The summed E-state index contributed by atoms with van der Waals surface area (Å²) in [7, 11) is -0.161. The Hall–Kier alpha value is -2.60. The molecule has 0 saturated carbocycles. The van der Waals surface area contributed by atoms with Crippen LogP contribution in [0, 0.1) is 10.6 Å². The Labute approximate surface area is 191 Å². The lowest BCUT2D eigenvalue weighted by molar-refractivity contribution is 0.144. The molecule has 0 aliphatic carbocycles. The van der Waals surface area contributed by atoms with Crippen LogP contribution in [0.25, 0.3) is 11.4 Å². The summed E-state index contributed by atoms with van der Waals surface area (Å²) in [6, 6.07) is 12.5. The third-order valence-electron chi connectivity index (χ3n) is 5.49. The standard InChI is InChI=1S/C21H24FN5O3S2/c1-24-20(16-4-3-5-18(14-16)30-2)23-27(21(24)31)15-25-10-12-26(13-11-25)32(28,29)19-8-6-17(22)7-9-19/h3-9,14H,10-13,15H2,1-2H3. The molecule has 1 aliphatic rings. The SMILES string of the molecule is COc1cccc(-c2nn(CN3CCN(S(=O)(=O)c4ccc(F)cc4)CC3)c(=S)n2C)c1. The van der Waals surface area contributed by atoms with Crippen LogP contribution in [0.15, 0.2) is 53.4 Å². The summed E-state index contributed by atoms with van der Waals surface area (Å²) in [4.78, 5) is 2.21. The molecular weight excluding hydrogens is 453 g/mol. The first-order chi connectivity index (χ1) is 15.3. The van der Waals surface area contributed by atoms with Gasteiger partial charge in [0.05, 0.1) is 18.7 Å². The van der Waals surface area contributed by atoms with Crippen LogP contribution in [0.3, 0.4) is 0 Å². The quantitative estimate of drug-likeness (QED) is 0.509. The molecule has 8 nitrogen and oxygen atoms in total. The Morgan fingerprint density at radius 3 is 2.44 bits per heavy atom. The maximum absolute atomic E-state index is 13.1. The third-order valence-corrected chi connectivity index (χ3v) is 7.88. The molecular formula is C21H24FN5O3S2. The highest BCUT2D eigenvalue weighted by Gasteiger charge is 2.29. The van der Waals surface area contributed by atoms with E-state index in [1.807, 2.05) is 35.9 Å². The molecule has 2 aromatic carbocycles. The zero-order valence-corrected chi connectivity index (χ0v) is 19.4. The van der Waals surface area contributed by atoms with Crippen LogP contribution in [-0.4, -0.2) is 65.3 Å². The van der Waals surface area contributed by atoms with E-state index in [9.17, 15) is 12.8 Å². The van der Waals surface area contributed by atoms with Gasteiger partial charge in [-0.3, -0.25) is 4.90 Å². The van der Waals surface area contributed by atoms with Crippen LogP contribution in [0.2, 0.25) is 0 Å². The molecule has 0 N–H and O–H groups in total. The number of hydrogen-bond donors (Lipinski definition) is 0. The lowest BCUT2D eigenvalue weighted by Crippen LogP contribution is -2.48. The van der Waals surface area contributed by atoms with Gasteiger partial charge in [0.15, 0.2) is 10.6 Å². The molecule has 32 heavy (non-hydrogen) atoms. The van der Waals surface area contributed by atoms with Crippen LogP contribution >= 0.6 is 12.2 Å². The number of nitrogens with zero attached hydrogens (tertiary/aromatic N) is 5. The van der Waals surface area contributed by atoms with Crippen molar-refractivity contribution < 1.29 is 17.5 Å². The molecule has 0 unspecified atom stereocenters. The molecule has 2 heterocycles. The molecule has 1 saturated heterocycles. The van der Waals surface area contributed by atoms with Gasteiger partial charge in [0.2, 0.25) is 10.0 Å². The van der Waals surface area contributed by atoms with Crippen LogP contribution in [0.1, 0.15) is 0 Å². The second-order valence-electron chi connectivity index (χ2n) is 7.51. The highest BCUT2D eigenvalue weighted by Crippen LogP contribution is 2.23. The Bertz CT molecular complexity index is 1260. The predicted molar refractivity (Wildman–Crippen MR) is 121 cm³/mol. The number of sulfonamides is 1. The van der Waals surface area contributed by atoms with Crippen LogP contribution in [-0.2, 0) is 23.7 Å². The number of methoxy groups -OCH3 is 1. The van der Waals surface area contributed by atoms with E-state index >= 15 is 0 Å². The van der Waals surface area contributed by atoms with Gasteiger partial charge in [-0.15, -0.1) is 0 Å². The molecule has 1 aromatic heterocycles. The average molecular weight is 478 g/mol. The van der Waals surface area contributed by atoms with Gasteiger partial charge in [0, 0.05) is 38.8 Å². The summed E-state index contributed by atoms with van der Waals surface area (Å²) in [5, 5.41) is 4.68. The van der Waals surface area contributed by atoms with Crippen molar-refractivity contribution in [3.8, 4) is 17.1 Å². The first kappa shape index (κ1) is 22.6. The molecule has 0 spiro atoms. The van der Waals surface area contributed by atoms with E-state index in [-0.39, 0.29) is 4.90 Å². The van der Waals surface area contributed by atoms with Crippen LogP contribution in [0.5, 0.6) is 5.75 Å². The summed E-state index contributed by atoms with van der Waals surface area (Å²) >= 11 is 5.57. The highest BCUT2D eigenvalue weighted by molar-refractivity contribution is 7.89. The average Bonchev–Trinajstić information content (AvgIpc) is 3.08. The summed E-state index contributed by atoms with van der Waals surface area (Å²) < 4.78 is 49.7. The number of piperazine rings is 1. The molecule has 0 radical (unpaired) electrons. The van der Waals surface area contributed by atoms with E-state index in [4.69, 9.17) is 17.0 Å². The van der Waals surface area contributed by atoms with Gasteiger partial charge in [-0.1, -0.05) is 12.1 Å². The summed E-state index contributed by atoms with van der Waals surface area (Å²) in [5.41, 5.74) is 0.895. The van der Waals surface area contributed by atoms with Gasteiger partial charge in [-0.2, -0.15) is 9.40 Å². The first-order valence-corrected chi connectivity index (χ1v) is 11.9. The van der Waals surface area contributed by atoms with Gasteiger partial charge >= 0.3 is 0 Å². The molecule has 4 rings (SSSR count). The Kier molecular flexibility index (Phi) is 6.42. The minimum atomic E-state index is -3.65. The van der Waals surface area contributed by atoms with Crippen molar-refractivity contribution in [3.63, 3.8) is 0 Å². The molecule has 0 bridgehead atoms. The number of aromatic nitrogens is 3. The zero-order chi connectivity index (χ0) is 22.9. The molecule has 0 amide bonds. The van der Waals surface area contributed by atoms with Crippen LogP contribution < -0.4 is 4.74 Å². The molecule has 11 heteroatoms. The van der Waals surface area contributed by atoms with E-state index in [1.54, 1.807) is 11.8 Å². The second kappa shape index (κ2) is 9.10. The highest BCUT2D eigenvalue weighted by atomic mass is 32.2. The maximum atomic E-state index is 13.1. The summed E-state index contributed by atoms with van der Waals surface area (Å²) in [6.07, 6.45) is 0. The second-order valence-corrected chi connectivity index (χ2v) is 9.82. The van der Waals surface area contributed by atoms with E-state index in [2.05, 4.69) is 10.00 Å². The number of ether oxygens (including phenoxy) is 1. The monoisotopic (exact) mass is 477 g/mol. The molecule has 0 atom stereocenters. The fourth-order valence-corrected chi connectivity index (χ4v) is 5.26. The first-order valence-electron chi connectivity index (χ1n) is 10.1. The fourth-order valence-electron chi connectivity index (χ4n) is 3.65. The van der Waals surface area contributed by atoms with Gasteiger partial charge in [-0.25, -0.2) is 17.5 Å². The Morgan fingerprint density at radius 1 is 1.09 bits per heavy atom. The number of benzene rings is 2. The number of hydrogen-bond acceptors (Lipinski definition) is 6. The Balaban J connectivity index is 1.45. The predicted octanol–water partition coefficient (Wildman–Crippen LogP) is 2.73. The van der Waals surface area contributed by atoms with Crippen molar-refractivity contribution >= 4 is 22.2 Å². The number of halogens is 1. The largest absolute Gasteiger partial charge is 0.497 e.